The fourth-order valence-electron chi connectivity index (χ4n) is 0.560. The molecule has 0 saturated heterocycles. The van der Waals surface area contributed by atoms with E-state index in [0.29, 0.717) is 6.73 Å². The first-order valence-electron chi connectivity index (χ1n) is 2.97. The Morgan fingerprint density at radius 2 is 2.56 bits per heavy atom. The quantitative estimate of drug-likeness (QED) is 0.601. The van der Waals surface area contributed by atoms with Crippen molar-refractivity contribution in [1.82, 2.24) is 9.55 Å². The summed E-state index contributed by atoms with van der Waals surface area (Å²) in [6, 6.07) is 0. The summed E-state index contributed by atoms with van der Waals surface area (Å²) in [6.07, 6.45) is 5.34. The molecule has 0 N–H and O–H groups in total. The van der Waals surface area contributed by atoms with E-state index in [1.54, 1.807) is 12.5 Å². The first kappa shape index (κ1) is 6.29. The number of hydrogen-bond acceptors (Lipinski definition) is 2. The van der Waals surface area contributed by atoms with Crippen molar-refractivity contribution in [1.29, 1.82) is 0 Å². The Hall–Kier alpha value is -0.830. The summed E-state index contributed by atoms with van der Waals surface area (Å²) in [7, 11) is 0. The molecule has 0 atom stereocenters. The molecule has 3 heteroatoms. The molecule has 0 saturated carbocycles. The molecule has 1 aromatic heterocycles. The average Bonchev–Trinajstić information content (AvgIpc) is 2.34. The van der Waals surface area contributed by atoms with Crippen LogP contribution in [0.1, 0.15) is 6.92 Å². The molecule has 9 heavy (non-hydrogen) atoms. The molecule has 0 aliphatic heterocycles. The lowest BCUT2D eigenvalue weighted by Crippen LogP contribution is -1.98. The third-order valence-corrected chi connectivity index (χ3v) is 1.00. The van der Waals surface area contributed by atoms with E-state index in [-0.39, 0.29) is 0 Å². The Balaban J connectivity index is 2.30. The van der Waals surface area contributed by atoms with Crippen LogP contribution >= 0.6 is 0 Å². The smallest absolute Gasteiger partial charge is 0.123 e. The summed E-state index contributed by atoms with van der Waals surface area (Å²) in [5.74, 6) is 0. The molecule has 0 spiro atoms. The van der Waals surface area contributed by atoms with E-state index in [4.69, 9.17) is 4.74 Å². The van der Waals surface area contributed by atoms with Gasteiger partial charge in [-0.15, -0.1) is 0 Å². The number of rotatable bonds is 3. The van der Waals surface area contributed by atoms with Crippen molar-refractivity contribution >= 4 is 0 Å². The molecule has 0 unspecified atom stereocenters. The van der Waals surface area contributed by atoms with Crippen LogP contribution in [0.4, 0.5) is 0 Å². The summed E-state index contributed by atoms with van der Waals surface area (Å²) >= 11 is 0. The second-order valence-electron chi connectivity index (χ2n) is 1.70. The third kappa shape index (κ3) is 1.85. The van der Waals surface area contributed by atoms with Crippen molar-refractivity contribution in [2.75, 3.05) is 6.61 Å². The van der Waals surface area contributed by atoms with Gasteiger partial charge in [0.25, 0.3) is 0 Å². The van der Waals surface area contributed by atoms with E-state index in [0.717, 1.165) is 6.61 Å². The molecular weight excluding hydrogens is 116 g/mol. The van der Waals surface area contributed by atoms with Gasteiger partial charge in [0, 0.05) is 19.0 Å². The van der Waals surface area contributed by atoms with Crippen LogP contribution in [0.5, 0.6) is 0 Å². The minimum Gasteiger partial charge on any atom is -0.361 e. The second kappa shape index (κ2) is 3.25. The number of aromatic nitrogens is 2. The Labute approximate surface area is 54.3 Å². The average molecular weight is 126 g/mol. The van der Waals surface area contributed by atoms with Crippen molar-refractivity contribution < 1.29 is 4.74 Å². The predicted octanol–water partition coefficient (Wildman–Crippen LogP) is 0.877. The van der Waals surface area contributed by atoms with E-state index in [1.165, 1.54) is 0 Å². The Morgan fingerprint density at radius 3 is 3.11 bits per heavy atom. The monoisotopic (exact) mass is 126 g/mol. The van der Waals surface area contributed by atoms with E-state index < -0.39 is 0 Å². The summed E-state index contributed by atoms with van der Waals surface area (Å²) in [5, 5.41) is 0. The van der Waals surface area contributed by atoms with Crippen molar-refractivity contribution in [3.05, 3.63) is 18.7 Å². The van der Waals surface area contributed by atoms with Crippen LogP contribution in [0, 0.1) is 0 Å². The highest BCUT2D eigenvalue weighted by molar-refractivity contribution is 4.71. The van der Waals surface area contributed by atoms with E-state index in [1.807, 2.05) is 17.7 Å². The molecule has 0 amide bonds. The molecule has 0 radical (unpaired) electrons. The van der Waals surface area contributed by atoms with Gasteiger partial charge in [-0.2, -0.15) is 0 Å². The van der Waals surface area contributed by atoms with Gasteiger partial charge in [0.15, 0.2) is 0 Å². The maximum absolute atomic E-state index is 5.10. The standard InChI is InChI=1S/C6H10N2O/c1-2-9-6-8-4-3-7-5-8/h3-5H,2,6H2,1H3. The molecule has 1 rings (SSSR count). The van der Waals surface area contributed by atoms with Crippen LogP contribution in [0.2, 0.25) is 0 Å². The maximum atomic E-state index is 5.10. The van der Waals surface area contributed by atoms with Crippen LogP contribution in [-0.4, -0.2) is 16.2 Å². The molecule has 3 nitrogen and oxygen atoms in total. The van der Waals surface area contributed by atoms with Crippen molar-refractivity contribution in [3.63, 3.8) is 0 Å². The normalized spacial score (nSPS) is 9.89. The van der Waals surface area contributed by atoms with E-state index >= 15 is 0 Å². The van der Waals surface area contributed by atoms with Crippen molar-refractivity contribution in [2.45, 2.75) is 13.7 Å². The van der Waals surface area contributed by atoms with Gasteiger partial charge in [0.2, 0.25) is 0 Å². The molecule has 1 heterocycles. The number of hydrogen-bond donors (Lipinski definition) is 0. The van der Waals surface area contributed by atoms with Crippen LogP contribution in [-0.2, 0) is 11.5 Å². The van der Waals surface area contributed by atoms with Gasteiger partial charge in [0.1, 0.15) is 6.73 Å². The molecule has 0 aromatic carbocycles. The number of ether oxygens (including phenoxy) is 1. The Kier molecular flexibility index (Phi) is 2.27. The summed E-state index contributed by atoms with van der Waals surface area (Å²) in [6.45, 7) is 3.33. The second-order valence-corrected chi connectivity index (χ2v) is 1.70. The number of nitrogens with zero attached hydrogens (tertiary/aromatic N) is 2. The fourth-order valence-corrected chi connectivity index (χ4v) is 0.560. The number of imidazole rings is 1. The lowest BCUT2D eigenvalue weighted by atomic mass is 10.8. The largest absolute Gasteiger partial charge is 0.361 e. The zero-order valence-electron chi connectivity index (χ0n) is 5.45. The molecule has 0 aliphatic rings. The van der Waals surface area contributed by atoms with Gasteiger partial charge in [-0.1, -0.05) is 0 Å². The highest BCUT2D eigenvalue weighted by atomic mass is 16.5. The van der Waals surface area contributed by atoms with Gasteiger partial charge in [-0.25, -0.2) is 4.98 Å². The first-order chi connectivity index (χ1) is 4.43. The molecule has 0 bridgehead atoms. The first-order valence-corrected chi connectivity index (χ1v) is 2.97. The van der Waals surface area contributed by atoms with Crippen LogP contribution in [0.25, 0.3) is 0 Å². The third-order valence-electron chi connectivity index (χ3n) is 1.00. The maximum Gasteiger partial charge on any atom is 0.123 e. The minimum atomic E-state index is 0.608. The van der Waals surface area contributed by atoms with E-state index in [9.17, 15) is 0 Å². The lowest BCUT2D eigenvalue weighted by molar-refractivity contribution is 0.0878. The SMILES string of the molecule is CCOCn1ccnc1. The van der Waals surface area contributed by atoms with Crippen molar-refractivity contribution in [3.8, 4) is 0 Å². The van der Waals surface area contributed by atoms with Crippen LogP contribution < -0.4 is 0 Å². The van der Waals surface area contributed by atoms with Crippen LogP contribution in [0.3, 0.4) is 0 Å². The molecular formula is C6H10N2O. The zero-order valence-corrected chi connectivity index (χ0v) is 5.45. The summed E-state index contributed by atoms with van der Waals surface area (Å²) in [4.78, 5) is 3.86. The molecule has 50 valence electrons. The van der Waals surface area contributed by atoms with Gasteiger partial charge in [-0.3, -0.25) is 0 Å². The Bertz CT molecular complexity index is 148. The zero-order chi connectivity index (χ0) is 6.53. The van der Waals surface area contributed by atoms with E-state index in [2.05, 4.69) is 4.98 Å². The van der Waals surface area contributed by atoms with Crippen LogP contribution in [0.15, 0.2) is 18.7 Å². The lowest BCUT2D eigenvalue weighted by Gasteiger charge is -1.99. The van der Waals surface area contributed by atoms with Gasteiger partial charge in [-0.05, 0) is 6.92 Å². The predicted molar refractivity (Wildman–Crippen MR) is 33.9 cm³/mol. The van der Waals surface area contributed by atoms with Crippen molar-refractivity contribution in [2.24, 2.45) is 0 Å². The van der Waals surface area contributed by atoms with Gasteiger partial charge < -0.3 is 9.30 Å². The summed E-state index contributed by atoms with van der Waals surface area (Å²) in [5.41, 5.74) is 0. The fraction of sp³-hybridized carbons (Fsp3) is 0.500. The highest BCUT2D eigenvalue weighted by Crippen LogP contribution is 1.85. The molecule has 0 fully saturated rings. The summed E-state index contributed by atoms with van der Waals surface area (Å²) < 4.78 is 6.98. The molecule has 0 aliphatic carbocycles. The highest BCUT2D eigenvalue weighted by Gasteiger charge is 1.84. The molecule has 1 aromatic rings. The Morgan fingerprint density at radius 1 is 1.67 bits per heavy atom. The topological polar surface area (TPSA) is 27.1 Å². The van der Waals surface area contributed by atoms with Gasteiger partial charge in [0.05, 0.1) is 6.33 Å². The van der Waals surface area contributed by atoms with Gasteiger partial charge >= 0.3 is 0 Å². The minimum absolute atomic E-state index is 0.608.